The summed E-state index contributed by atoms with van der Waals surface area (Å²) in [5.41, 5.74) is 1.81. The zero-order valence-corrected chi connectivity index (χ0v) is 14.3. The number of guanidine groups is 1. The molecule has 128 valence electrons. The number of rotatable bonds is 5. The first-order valence-corrected chi connectivity index (χ1v) is 8.58. The number of carbonyl (C=O) groups is 1. The van der Waals surface area contributed by atoms with Crippen LogP contribution in [-0.2, 0) is 6.54 Å². The number of terminal acetylenes is 1. The summed E-state index contributed by atoms with van der Waals surface area (Å²) in [5.74, 6) is 3.36. The van der Waals surface area contributed by atoms with Crippen LogP contribution >= 0.6 is 0 Å². The van der Waals surface area contributed by atoms with E-state index in [-0.39, 0.29) is 5.91 Å². The zero-order valence-electron chi connectivity index (χ0n) is 14.3. The van der Waals surface area contributed by atoms with Gasteiger partial charge in [0.25, 0.3) is 5.91 Å². The maximum Gasteiger partial charge on any atom is 0.253 e. The van der Waals surface area contributed by atoms with Crippen LogP contribution in [0, 0.1) is 12.3 Å². The molecule has 1 aliphatic rings. The molecule has 1 aliphatic heterocycles. The fourth-order valence-electron chi connectivity index (χ4n) is 2.68. The monoisotopic (exact) mass is 326 g/mol. The molecule has 1 fully saturated rings. The highest BCUT2D eigenvalue weighted by Crippen LogP contribution is 2.14. The molecule has 1 aromatic carbocycles. The Morgan fingerprint density at radius 1 is 1.21 bits per heavy atom. The molecular weight excluding hydrogens is 300 g/mol. The van der Waals surface area contributed by atoms with Crippen molar-refractivity contribution in [3.63, 3.8) is 0 Å². The third kappa shape index (κ3) is 5.31. The fourth-order valence-corrected chi connectivity index (χ4v) is 2.68. The van der Waals surface area contributed by atoms with Crippen molar-refractivity contribution in [2.75, 3.05) is 26.2 Å². The average Bonchev–Trinajstić information content (AvgIpc) is 2.64. The number of aliphatic imine (C=N–C) groups is 1. The molecular formula is C19H26N4O. The quantitative estimate of drug-likeness (QED) is 0.494. The highest BCUT2D eigenvalue weighted by Gasteiger charge is 2.17. The standard InChI is InChI=1S/C19H26N4O/c1-3-12-21-19(20-4-2)22-15-16-8-10-17(11-9-16)18(24)23-13-6-5-7-14-23/h1,8-11H,4-7,12-15H2,2H3,(H2,20,21,22). The predicted molar refractivity (Wildman–Crippen MR) is 97.8 cm³/mol. The van der Waals surface area contributed by atoms with Crippen LogP contribution in [0.25, 0.3) is 0 Å². The van der Waals surface area contributed by atoms with Crippen LogP contribution in [0.1, 0.15) is 42.1 Å². The number of likely N-dealkylation sites (tertiary alicyclic amines) is 1. The maximum absolute atomic E-state index is 12.4. The van der Waals surface area contributed by atoms with E-state index in [0.717, 1.165) is 43.6 Å². The van der Waals surface area contributed by atoms with Crippen LogP contribution in [0.3, 0.4) is 0 Å². The molecule has 1 heterocycles. The summed E-state index contributed by atoms with van der Waals surface area (Å²) in [5, 5.41) is 6.20. The summed E-state index contributed by atoms with van der Waals surface area (Å²) in [7, 11) is 0. The molecule has 5 nitrogen and oxygen atoms in total. The molecule has 1 saturated heterocycles. The zero-order chi connectivity index (χ0) is 17.2. The van der Waals surface area contributed by atoms with E-state index in [9.17, 15) is 4.79 Å². The van der Waals surface area contributed by atoms with Crippen molar-refractivity contribution in [1.29, 1.82) is 0 Å². The van der Waals surface area contributed by atoms with Crippen LogP contribution in [0.15, 0.2) is 29.3 Å². The second-order valence-electron chi connectivity index (χ2n) is 5.80. The maximum atomic E-state index is 12.4. The van der Waals surface area contributed by atoms with Gasteiger partial charge in [-0.25, -0.2) is 4.99 Å². The summed E-state index contributed by atoms with van der Waals surface area (Å²) < 4.78 is 0. The molecule has 24 heavy (non-hydrogen) atoms. The lowest BCUT2D eigenvalue weighted by Gasteiger charge is -2.26. The number of piperidine rings is 1. The number of amides is 1. The summed E-state index contributed by atoms with van der Waals surface area (Å²) in [4.78, 5) is 18.9. The minimum absolute atomic E-state index is 0.133. The van der Waals surface area contributed by atoms with Gasteiger partial charge in [-0.2, -0.15) is 0 Å². The van der Waals surface area contributed by atoms with Crippen LogP contribution in [0.2, 0.25) is 0 Å². The van der Waals surface area contributed by atoms with Gasteiger partial charge in [-0.05, 0) is 43.9 Å². The second kappa shape index (κ2) is 9.61. The van der Waals surface area contributed by atoms with Gasteiger partial charge in [-0.3, -0.25) is 4.79 Å². The normalized spacial score (nSPS) is 14.8. The van der Waals surface area contributed by atoms with Crippen molar-refractivity contribution in [2.45, 2.75) is 32.7 Å². The molecule has 2 N–H and O–H groups in total. The van der Waals surface area contributed by atoms with E-state index in [2.05, 4.69) is 21.5 Å². The molecule has 0 unspecified atom stereocenters. The van der Waals surface area contributed by atoms with Crippen molar-refractivity contribution < 1.29 is 4.79 Å². The van der Waals surface area contributed by atoms with E-state index in [4.69, 9.17) is 6.42 Å². The first kappa shape index (κ1) is 17.9. The highest BCUT2D eigenvalue weighted by molar-refractivity contribution is 5.94. The molecule has 1 aromatic rings. The van der Waals surface area contributed by atoms with Gasteiger partial charge in [0.1, 0.15) is 0 Å². The summed E-state index contributed by atoms with van der Waals surface area (Å²) in [6.45, 7) is 5.51. The Kier molecular flexibility index (Phi) is 7.16. The Morgan fingerprint density at radius 3 is 2.54 bits per heavy atom. The Balaban J connectivity index is 1.95. The molecule has 5 heteroatoms. The largest absolute Gasteiger partial charge is 0.357 e. The van der Waals surface area contributed by atoms with E-state index in [0.29, 0.717) is 19.0 Å². The number of hydrogen-bond donors (Lipinski definition) is 2. The lowest BCUT2D eigenvalue weighted by atomic mass is 10.1. The van der Waals surface area contributed by atoms with Gasteiger partial charge < -0.3 is 15.5 Å². The van der Waals surface area contributed by atoms with E-state index in [1.54, 1.807) is 0 Å². The molecule has 0 atom stereocenters. The fraction of sp³-hybridized carbons (Fsp3) is 0.474. The molecule has 0 radical (unpaired) electrons. The minimum Gasteiger partial charge on any atom is -0.357 e. The summed E-state index contributed by atoms with van der Waals surface area (Å²) in [6, 6.07) is 7.71. The Labute approximate surface area is 144 Å². The van der Waals surface area contributed by atoms with E-state index < -0.39 is 0 Å². The first-order valence-electron chi connectivity index (χ1n) is 8.58. The molecule has 0 aliphatic carbocycles. The van der Waals surface area contributed by atoms with E-state index >= 15 is 0 Å². The number of carbonyl (C=O) groups excluding carboxylic acids is 1. The Morgan fingerprint density at radius 2 is 1.92 bits per heavy atom. The molecule has 0 saturated carbocycles. The van der Waals surface area contributed by atoms with Gasteiger partial charge in [-0.1, -0.05) is 18.1 Å². The lowest BCUT2D eigenvalue weighted by Crippen LogP contribution is -2.37. The van der Waals surface area contributed by atoms with Gasteiger partial charge in [0, 0.05) is 25.2 Å². The van der Waals surface area contributed by atoms with Crippen molar-refractivity contribution in [2.24, 2.45) is 4.99 Å². The Hall–Kier alpha value is -2.48. The predicted octanol–water partition coefficient (Wildman–Crippen LogP) is 2.00. The molecule has 0 spiro atoms. The highest BCUT2D eigenvalue weighted by atomic mass is 16.2. The summed E-state index contributed by atoms with van der Waals surface area (Å²) >= 11 is 0. The smallest absolute Gasteiger partial charge is 0.253 e. The number of hydrogen-bond acceptors (Lipinski definition) is 2. The van der Waals surface area contributed by atoms with Crippen LogP contribution in [-0.4, -0.2) is 42.9 Å². The third-order valence-electron chi connectivity index (χ3n) is 3.97. The average molecular weight is 326 g/mol. The molecule has 1 amide bonds. The number of nitrogens with zero attached hydrogens (tertiary/aromatic N) is 2. The molecule has 2 rings (SSSR count). The second-order valence-corrected chi connectivity index (χ2v) is 5.80. The van der Waals surface area contributed by atoms with E-state index in [1.165, 1.54) is 6.42 Å². The molecule has 0 bridgehead atoms. The van der Waals surface area contributed by atoms with Gasteiger partial charge in [-0.15, -0.1) is 6.42 Å². The third-order valence-corrected chi connectivity index (χ3v) is 3.97. The SMILES string of the molecule is C#CCNC(=NCc1ccc(C(=O)N2CCCCC2)cc1)NCC. The minimum atomic E-state index is 0.133. The first-order chi connectivity index (χ1) is 11.7. The van der Waals surface area contributed by atoms with Crippen molar-refractivity contribution in [1.82, 2.24) is 15.5 Å². The topological polar surface area (TPSA) is 56.7 Å². The van der Waals surface area contributed by atoms with Crippen LogP contribution in [0.5, 0.6) is 0 Å². The van der Waals surface area contributed by atoms with Gasteiger partial charge in [0.15, 0.2) is 5.96 Å². The van der Waals surface area contributed by atoms with Crippen molar-refractivity contribution in [3.8, 4) is 12.3 Å². The van der Waals surface area contributed by atoms with Crippen LogP contribution < -0.4 is 10.6 Å². The van der Waals surface area contributed by atoms with Crippen molar-refractivity contribution in [3.05, 3.63) is 35.4 Å². The van der Waals surface area contributed by atoms with Gasteiger partial charge in [0.05, 0.1) is 13.1 Å². The Bertz CT molecular complexity index is 595. The molecule has 0 aromatic heterocycles. The van der Waals surface area contributed by atoms with Gasteiger partial charge >= 0.3 is 0 Å². The summed E-state index contributed by atoms with van der Waals surface area (Å²) in [6.07, 6.45) is 8.70. The van der Waals surface area contributed by atoms with Crippen LogP contribution in [0.4, 0.5) is 0 Å². The lowest BCUT2D eigenvalue weighted by molar-refractivity contribution is 0.0724. The number of nitrogens with one attached hydrogen (secondary N) is 2. The van der Waals surface area contributed by atoms with E-state index in [1.807, 2.05) is 36.1 Å². The van der Waals surface area contributed by atoms with Crippen molar-refractivity contribution >= 4 is 11.9 Å². The number of benzene rings is 1. The van der Waals surface area contributed by atoms with Gasteiger partial charge in [0.2, 0.25) is 0 Å².